The van der Waals surface area contributed by atoms with E-state index in [2.05, 4.69) is 55.9 Å². The molecule has 0 spiro atoms. The maximum Gasteiger partial charge on any atom is 0.274 e. The lowest BCUT2D eigenvalue weighted by atomic mass is 10.1. The van der Waals surface area contributed by atoms with E-state index in [1.54, 1.807) is 26.4 Å². The molecule has 0 saturated carbocycles. The molecular weight excluding hydrogens is 422 g/mol. The Kier molecular flexibility index (Phi) is 6.74. The molecule has 1 aliphatic rings. The van der Waals surface area contributed by atoms with Gasteiger partial charge >= 0.3 is 0 Å². The molecule has 1 N–H and O–H groups in total. The molecule has 0 bridgehead atoms. The summed E-state index contributed by atoms with van der Waals surface area (Å²) in [5, 5.41) is 3.12. The van der Waals surface area contributed by atoms with Crippen molar-refractivity contribution in [2.24, 2.45) is 7.05 Å². The molecule has 8 heteroatoms. The summed E-state index contributed by atoms with van der Waals surface area (Å²) in [4.78, 5) is 21.6. The van der Waals surface area contributed by atoms with Crippen molar-refractivity contribution in [3.8, 4) is 0 Å². The standard InChI is InChI=1S/C20H28BrN5O2/c1-14-11-25(15(2)13-28-4)7-8-26(14)17-5-6-19(22-10-17)23-18-9-16(21)12-24(3)20(18)27/h5-6,9-10,12,14-15H,7-8,11,13H2,1-4H3,(H,22,23)/t14-,15?/m0/s1. The lowest BCUT2D eigenvalue weighted by molar-refractivity contribution is 0.0873. The van der Waals surface area contributed by atoms with Crippen LogP contribution in [-0.2, 0) is 11.8 Å². The summed E-state index contributed by atoms with van der Waals surface area (Å²) in [7, 11) is 3.48. The molecule has 1 unspecified atom stereocenters. The number of hydrogen-bond donors (Lipinski definition) is 1. The molecule has 0 amide bonds. The third kappa shape index (κ3) is 4.74. The van der Waals surface area contributed by atoms with E-state index in [-0.39, 0.29) is 5.56 Å². The minimum atomic E-state index is -0.0935. The fourth-order valence-electron chi connectivity index (χ4n) is 3.64. The number of methoxy groups -OCH3 is 1. The zero-order valence-corrected chi connectivity index (χ0v) is 18.4. The number of anilines is 3. The smallest absolute Gasteiger partial charge is 0.274 e. The summed E-state index contributed by atoms with van der Waals surface area (Å²) in [6.07, 6.45) is 3.61. The quantitative estimate of drug-likeness (QED) is 0.731. The van der Waals surface area contributed by atoms with Crippen LogP contribution < -0.4 is 15.8 Å². The number of nitrogens with one attached hydrogen (secondary N) is 1. The number of hydrogen-bond acceptors (Lipinski definition) is 6. The van der Waals surface area contributed by atoms with Gasteiger partial charge in [-0.2, -0.15) is 0 Å². The van der Waals surface area contributed by atoms with Gasteiger partial charge < -0.3 is 19.5 Å². The van der Waals surface area contributed by atoms with Gasteiger partial charge in [-0.25, -0.2) is 4.98 Å². The number of aromatic nitrogens is 2. The van der Waals surface area contributed by atoms with Crippen LogP contribution in [0.5, 0.6) is 0 Å². The van der Waals surface area contributed by atoms with Crippen LogP contribution in [0.4, 0.5) is 17.2 Å². The van der Waals surface area contributed by atoms with E-state index in [1.807, 2.05) is 12.3 Å². The van der Waals surface area contributed by atoms with Crippen LogP contribution in [0, 0.1) is 0 Å². The van der Waals surface area contributed by atoms with E-state index >= 15 is 0 Å². The molecule has 3 rings (SSSR count). The topological polar surface area (TPSA) is 62.6 Å². The van der Waals surface area contributed by atoms with Crippen LogP contribution in [0.2, 0.25) is 0 Å². The van der Waals surface area contributed by atoms with Crippen molar-refractivity contribution in [3.63, 3.8) is 0 Å². The van der Waals surface area contributed by atoms with E-state index in [0.29, 0.717) is 23.6 Å². The second-order valence-corrected chi connectivity index (χ2v) is 8.27. The van der Waals surface area contributed by atoms with E-state index in [0.717, 1.165) is 36.4 Å². The van der Waals surface area contributed by atoms with Crippen LogP contribution in [0.3, 0.4) is 0 Å². The van der Waals surface area contributed by atoms with Gasteiger partial charge in [0, 0.05) is 56.5 Å². The molecule has 0 aromatic carbocycles. The highest BCUT2D eigenvalue weighted by molar-refractivity contribution is 9.10. The maximum absolute atomic E-state index is 12.2. The first-order chi connectivity index (χ1) is 13.4. The summed E-state index contributed by atoms with van der Waals surface area (Å²) in [6, 6.07) is 6.56. The molecule has 1 saturated heterocycles. The van der Waals surface area contributed by atoms with Gasteiger partial charge in [-0.05, 0) is 48.0 Å². The Morgan fingerprint density at radius 3 is 2.82 bits per heavy atom. The molecule has 2 atom stereocenters. The first kappa shape index (κ1) is 20.8. The summed E-state index contributed by atoms with van der Waals surface area (Å²) in [5.74, 6) is 0.652. The molecule has 0 aliphatic carbocycles. The number of rotatable bonds is 6. The number of pyridine rings is 2. The third-order valence-electron chi connectivity index (χ3n) is 5.18. The van der Waals surface area contributed by atoms with E-state index in [4.69, 9.17) is 4.74 Å². The van der Waals surface area contributed by atoms with Crippen LogP contribution in [0.25, 0.3) is 0 Å². The summed E-state index contributed by atoms with van der Waals surface area (Å²) >= 11 is 3.42. The lowest BCUT2D eigenvalue weighted by Gasteiger charge is -2.43. The Morgan fingerprint density at radius 1 is 1.39 bits per heavy atom. The fraction of sp³-hybridized carbons (Fsp3) is 0.500. The van der Waals surface area contributed by atoms with Gasteiger partial charge in [0.05, 0.1) is 18.5 Å². The van der Waals surface area contributed by atoms with Crippen LogP contribution >= 0.6 is 15.9 Å². The Balaban J connectivity index is 1.67. The van der Waals surface area contributed by atoms with Crippen molar-refractivity contribution in [1.82, 2.24) is 14.5 Å². The first-order valence-electron chi connectivity index (χ1n) is 9.48. The average molecular weight is 450 g/mol. The Bertz CT molecular complexity index is 855. The Morgan fingerprint density at radius 2 is 2.18 bits per heavy atom. The molecule has 28 heavy (non-hydrogen) atoms. The molecule has 2 aromatic heterocycles. The number of piperazine rings is 1. The van der Waals surface area contributed by atoms with Crippen molar-refractivity contribution >= 4 is 33.1 Å². The number of ether oxygens (including phenoxy) is 1. The van der Waals surface area contributed by atoms with Gasteiger partial charge in [-0.15, -0.1) is 0 Å². The molecule has 7 nitrogen and oxygen atoms in total. The normalized spacial score (nSPS) is 18.9. The highest BCUT2D eigenvalue weighted by Gasteiger charge is 2.26. The van der Waals surface area contributed by atoms with E-state index < -0.39 is 0 Å². The minimum Gasteiger partial charge on any atom is -0.383 e. The fourth-order valence-corrected chi connectivity index (χ4v) is 4.18. The number of nitrogens with zero attached hydrogens (tertiary/aromatic N) is 4. The van der Waals surface area contributed by atoms with E-state index in [1.165, 1.54) is 4.57 Å². The molecule has 152 valence electrons. The summed E-state index contributed by atoms with van der Waals surface area (Å²) in [6.45, 7) is 8.16. The predicted octanol–water partition coefficient (Wildman–Crippen LogP) is 2.83. The molecule has 1 fully saturated rings. The SMILES string of the molecule is COCC(C)N1CCN(c2ccc(Nc3cc(Br)cn(C)c3=O)nc2)[C@@H](C)C1. The van der Waals surface area contributed by atoms with Crippen molar-refractivity contribution in [3.05, 3.63) is 45.4 Å². The van der Waals surface area contributed by atoms with E-state index in [9.17, 15) is 4.79 Å². The molecule has 0 radical (unpaired) electrons. The molecule has 1 aliphatic heterocycles. The van der Waals surface area contributed by atoms with Crippen LogP contribution in [-0.4, -0.2) is 59.9 Å². The van der Waals surface area contributed by atoms with Gasteiger partial charge in [-0.3, -0.25) is 9.69 Å². The largest absolute Gasteiger partial charge is 0.383 e. The van der Waals surface area contributed by atoms with Gasteiger partial charge in [-0.1, -0.05) is 0 Å². The number of halogens is 1. The van der Waals surface area contributed by atoms with Gasteiger partial charge in [0.15, 0.2) is 0 Å². The van der Waals surface area contributed by atoms with Gasteiger partial charge in [0.2, 0.25) is 0 Å². The van der Waals surface area contributed by atoms with Crippen LogP contribution in [0.1, 0.15) is 13.8 Å². The van der Waals surface area contributed by atoms with Crippen molar-refractivity contribution in [1.29, 1.82) is 0 Å². The monoisotopic (exact) mass is 449 g/mol. The molecular formula is C20H28BrN5O2. The van der Waals surface area contributed by atoms with Gasteiger partial charge in [0.25, 0.3) is 5.56 Å². The van der Waals surface area contributed by atoms with Crippen molar-refractivity contribution in [2.75, 3.05) is 43.6 Å². The Labute approximate surface area is 174 Å². The van der Waals surface area contributed by atoms with Gasteiger partial charge in [0.1, 0.15) is 11.5 Å². The van der Waals surface area contributed by atoms with Crippen molar-refractivity contribution < 1.29 is 4.74 Å². The van der Waals surface area contributed by atoms with Crippen LogP contribution in [0.15, 0.2) is 39.9 Å². The van der Waals surface area contributed by atoms with Crippen molar-refractivity contribution in [2.45, 2.75) is 25.9 Å². The summed E-state index contributed by atoms with van der Waals surface area (Å²) < 4.78 is 7.66. The molecule has 3 heterocycles. The number of aryl methyl sites for hydroxylation is 1. The second-order valence-electron chi connectivity index (χ2n) is 7.36. The summed E-state index contributed by atoms with van der Waals surface area (Å²) in [5.41, 5.74) is 1.49. The average Bonchev–Trinajstić information content (AvgIpc) is 2.66. The first-order valence-corrected chi connectivity index (χ1v) is 10.3. The highest BCUT2D eigenvalue weighted by atomic mass is 79.9. The molecule has 2 aromatic rings. The second kappa shape index (κ2) is 9.07. The highest BCUT2D eigenvalue weighted by Crippen LogP contribution is 2.23. The zero-order chi connectivity index (χ0) is 20.3. The minimum absolute atomic E-state index is 0.0935. The maximum atomic E-state index is 12.2. The lowest BCUT2D eigenvalue weighted by Crippen LogP contribution is -2.55. The Hall–Kier alpha value is -1.90. The predicted molar refractivity (Wildman–Crippen MR) is 117 cm³/mol. The third-order valence-corrected chi connectivity index (χ3v) is 5.62. The zero-order valence-electron chi connectivity index (χ0n) is 16.9.